The molecule has 4 nitrogen and oxygen atoms in total. The molecule has 0 amide bonds. The molecule has 1 aliphatic rings. The second-order valence-electron chi connectivity index (χ2n) is 5.32. The highest BCUT2D eigenvalue weighted by atomic mass is 19.1. The summed E-state index contributed by atoms with van der Waals surface area (Å²) in [7, 11) is 2.07. The SMILES string of the molecule is CN1CCN(c2ccc(CCCC(=O)O)cc2F)CC1. The van der Waals surface area contributed by atoms with E-state index in [-0.39, 0.29) is 12.2 Å². The molecule has 0 saturated carbocycles. The first-order chi connectivity index (χ1) is 9.56. The lowest BCUT2D eigenvalue weighted by atomic mass is 10.1. The molecule has 20 heavy (non-hydrogen) atoms. The van der Waals surface area contributed by atoms with E-state index in [2.05, 4.69) is 16.8 Å². The monoisotopic (exact) mass is 280 g/mol. The Kier molecular flexibility index (Phi) is 4.95. The molecule has 1 saturated heterocycles. The summed E-state index contributed by atoms with van der Waals surface area (Å²) in [4.78, 5) is 14.8. The van der Waals surface area contributed by atoms with Crippen molar-refractivity contribution in [2.45, 2.75) is 19.3 Å². The van der Waals surface area contributed by atoms with Gasteiger partial charge in [-0.25, -0.2) is 4.39 Å². The first-order valence-electron chi connectivity index (χ1n) is 7.00. The number of aryl methyl sites for hydroxylation is 1. The highest BCUT2D eigenvalue weighted by molar-refractivity contribution is 5.66. The summed E-state index contributed by atoms with van der Waals surface area (Å²) in [6.45, 7) is 3.57. The zero-order chi connectivity index (χ0) is 14.5. The molecule has 2 rings (SSSR count). The lowest BCUT2D eigenvalue weighted by molar-refractivity contribution is -0.137. The molecule has 0 atom stereocenters. The van der Waals surface area contributed by atoms with Gasteiger partial charge in [0.1, 0.15) is 5.82 Å². The molecule has 0 bridgehead atoms. The largest absolute Gasteiger partial charge is 0.481 e. The van der Waals surface area contributed by atoms with Gasteiger partial charge in [0.2, 0.25) is 0 Å². The molecular formula is C15H21FN2O2. The highest BCUT2D eigenvalue weighted by Crippen LogP contribution is 2.22. The van der Waals surface area contributed by atoms with E-state index in [1.165, 1.54) is 6.07 Å². The van der Waals surface area contributed by atoms with Crippen LogP contribution in [0.15, 0.2) is 18.2 Å². The molecule has 5 heteroatoms. The lowest BCUT2D eigenvalue weighted by Crippen LogP contribution is -2.44. The molecule has 1 fully saturated rings. The number of carboxylic acids is 1. The van der Waals surface area contributed by atoms with Crippen LogP contribution in [0.25, 0.3) is 0 Å². The second kappa shape index (κ2) is 6.70. The average Bonchev–Trinajstić information content (AvgIpc) is 2.40. The molecule has 0 radical (unpaired) electrons. The zero-order valence-electron chi connectivity index (χ0n) is 11.8. The van der Waals surface area contributed by atoms with E-state index in [1.54, 1.807) is 0 Å². The fraction of sp³-hybridized carbons (Fsp3) is 0.533. The van der Waals surface area contributed by atoms with Gasteiger partial charge in [-0.3, -0.25) is 4.79 Å². The van der Waals surface area contributed by atoms with Crippen molar-refractivity contribution in [1.82, 2.24) is 4.90 Å². The van der Waals surface area contributed by atoms with Crippen molar-refractivity contribution in [2.24, 2.45) is 0 Å². The number of likely N-dealkylation sites (N-methyl/N-ethyl adjacent to an activating group) is 1. The van der Waals surface area contributed by atoms with Gasteiger partial charge in [0.15, 0.2) is 0 Å². The number of anilines is 1. The minimum atomic E-state index is -0.806. The smallest absolute Gasteiger partial charge is 0.303 e. The number of rotatable bonds is 5. The third-order valence-electron chi connectivity index (χ3n) is 3.71. The van der Waals surface area contributed by atoms with Crippen LogP contribution in [-0.2, 0) is 11.2 Å². The van der Waals surface area contributed by atoms with E-state index in [4.69, 9.17) is 5.11 Å². The maximum Gasteiger partial charge on any atom is 0.303 e. The number of piperazine rings is 1. The average molecular weight is 280 g/mol. The van der Waals surface area contributed by atoms with Gasteiger partial charge in [-0.05, 0) is 37.6 Å². The van der Waals surface area contributed by atoms with E-state index in [9.17, 15) is 9.18 Å². The standard InChI is InChI=1S/C15H21FN2O2/c1-17-7-9-18(10-8-17)14-6-5-12(11-13(14)16)3-2-4-15(19)20/h5-6,11H,2-4,7-10H2,1H3,(H,19,20). The van der Waals surface area contributed by atoms with E-state index >= 15 is 0 Å². The van der Waals surface area contributed by atoms with Crippen LogP contribution < -0.4 is 4.90 Å². The molecule has 1 aliphatic heterocycles. The van der Waals surface area contributed by atoms with Crippen LogP contribution in [0.2, 0.25) is 0 Å². The predicted molar refractivity (Wildman–Crippen MR) is 76.7 cm³/mol. The number of nitrogens with zero attached hydrogens (tertiary/aromatic N) is 2. The van der Waals surface area contributed by atoms with E-state index in [0.717, 1.165) is 31.7 Å². The van der Waals surface area contributed by atoms with Gasteiger partial charge in [0.25, 0.3) is 0 Å². The second-order valence-corrected chi connectivity index (χ2v) is 5.32. The number of aliphatic carboxylic acids is 1. The maximum atomic E-state index is 14.1. The van der Waals surface area contributed by atoms with Crippen LogP contribution in [0.3, 0.4) is 0 Å². The van der Waals surface area contributed by atoms with Crippen molar-refractivity contribution >= 4 is 11.7 Å². The van der Waals surface area contributed by atoms with E-state index in [0.29, 0.717) is 18.5 Å². The maximum absolute atomic E-state index is 14.1. The Morgan fingerprint density at radius 1 is 1.30 bits per heavy atom. The number of halogens is 1. The molecule has 0 unspecified atom stereocenters. The molecule has 0 aromatic heterocycles. The topological polar surface area (TPSA) is 43.8 Å². The summed E-state index contributed by atoms with van der Waals surface area (Å²) < 4.78 is 14.1. The molecular weight excluding hydrogens is 259 g/mol. The number of carboxylic acid groups (broad SMARTS) is 1. The van der Waals surface area contributed by atoms with Crippen LogP contribution in [0, 0.1) is 5.82 Å². The van der Waals surface area contributed by atoms with Gasteiger partial charge in [0.05, 0.1) is 5.69 Å². The predicted octanol–water partition coefficient (Wildman–Crippen LogP) is 1.98. The van der Waals surface area contributed by atoms with Gasteiger partial charge in [-0.15, -0.1) is 0 Å². The molecule has 1 aromatic carbocycles. The Morgan fingerprint density at radius 3 is 2.60 bits per heavy atom. The summed E-state index contributed by atoms with van der Waals surface area (Å²) in [5, 5.41) is 8.60. The molecule has 0 aliphatic carbocycles. The van der Waals surface area contributed by atoms with Crippen molar-refractivity contribution in [3.8, 4) is 0 Å². The Bertz CT molecular complexity index is 471. The van der Waals surface area contributed by atoms with Crippen LogP contribution in [0.4, 0.5) is 10.1 Å². The van der Waals surface area contributed by atoms with Crippen LogP contribution in [0.5, 0.6) is 0 Å². The van der Waals surface area contributed by atoms with Gasteiger partial charge >= 0.3 is 5.97 Å². The Balaban J connectivity index is 1.97. The molecule has 0 spiro atoms. The first kappa shape index (κ1) is 14.8. The first-order valence-corrected chi connectivity index (χ1v) is 7.00. The van der Waals surface area contributed by atoms with E-state index in [1.807, 2.05) is 12.1 Å². The van der Waals surface area contributed by atoms with Crippen molar-refractivity contribution in [3.05, 3.63) is 29.6 Å². The molecule has 110 valence electrons. The Morgan fingerprint density at radius 2 is 2.00 bits per heavy atom. The zero-order valence-corrected chi connectivity index (χ0v) is 11.8. The lowest BCUT2D eigenvalue weighted by Gasteiger charge is -2.34. The Labute approximate surface area is 118 Å². The van der Waals surface area contributed by atoms with Gasteiger partial charge < -0.3 is 14.9 Å². The third-order valence-corrected chi connectivity index (χ3v) is 3.71. The molecule has 1 aromatic rings. The van der Waals surface area contributed by atoms with Gasteiger partial charge in [-0.2, -0.15) is 0 Å². The fourth-order valence-electron chi connectivity index (χ4n) is 2.45. The Hall–Kier alpha value is -1.62. The van der Waals surface area contributed by atoms with Crippen molar-refractivity contribution in [3.63, 3.8) is 0 Å². The summed E-state index contributed by atoms with van der Waals surface area (Å²) in [5.41, 5.74) is 1.52. The van der Waals surface area contributed by atoms with Crippen molar-refractivity contribution in [2.75, 3.05) is 38.1 Å². The minimum Gasteiger partial charge on any atom is -0.481 e. The van der Waals surface area contributed by atoms with Crippen LogP contribution in [-0.4, -0.2) is 49.2 Å². The number of benzene rings is 1. The number of carbonyl (C=O) groups is 1. The van der Waals surface area contributed by atoms with Crippen LogP contribution >= 0.6 is 0 Å². The summed E-state index contributed by atoms with van der Waals surface area (Å²) >= 11 is 0. The third kappa shape index (κ3) is 3.93. The van der Waals surface area contributed by atoms with Crippen LogP contribution in [0.1, 0.15) is 18.4 Å². The van der Waals surface area contributed by atoms with Gasteiger partial charge in [-0.1, -0.05) is 6.07 Å². The quantitative estimate of drug-likeness (QED) is 0.896. The highest BCUT2D eigenvalue weighted by Gasteiger charge is 2.17. The summed E-state index contributed by atoms with van der Waals surface area (Å²) in [6, 6.07) is 5.25. The summed E-state index contributed by atoms with van der Waals surface area (Å²) in [6.07, 6.45) is 1.27. The summed E-state index contributed by atoms with van der Waals surface area (Å²) in [5.74, 6) is -1.01. The van der Waals surface area contributed by atoms with Crippen molar-refractivity contribution < 1.29 is 14.3 Å². The molecule has 1 N–H and O–H groups in total. The fourth-order valence-corrected chi connectivity index (χ4v) is 2.45. The van der Waals surface area contributed by atoms with Gasteiger partial charge in [0, 0.05) is 32.6 Å². The number of hydrogen-bond donors (Lipinski definition) is 1. The number of hydrogen-bond acceptors (Lipinski definition) is 3. The minimum absolute atomic E-state index is 0.127. The molecule has 1 heterocycles. The van der Waals surface area contributed by atoms with Crippen molar-refractivity contribution in [1.29, 1.82) is 0 Å². The van der Waals surface area contributed by atoms with E-state index < -0.39 is 5.97 Å². The normalized spacial score (nSPS) is 16.4.